The number of thioether (sulfide) groups is 1. The molecular formula is C17H19NO5S2. The van der Waals surface area contributed by atoms with E-state index in [0.29, 0.717) is 4.88 Å². The Kier molecular flexibility index (Phi) is 4.78. The number of ether oxygens (including phenoxy) is 1. The molecule has 2 fully saturated rings. The lowest BCUT2D eigenvalue weighted by atomic mass is 9.86. The van der Waals surface area contributed by atoms with E-state index in [2.05, 4.69) is 6.58 Å². The minimum absolute atomic E-state index is 0.0751. The van der Waals surface area contributed by atoms with Gasteiger partial charge in [0.1, 0.15) is 24.7 Å². The molecule has 1 amide bonds. The number of hydrogen-bond donors (Lipinski definition) is 1. The van der Waals surface area contributed by atoms with E-state index in [1.54, 1.807) is 17.5 Å². The molecule has 134 valence electrons. The smallest absolute Gasteiger partial charge is 0.330 e. The number of carbonyl (C=O) groups excluding carboxylic acids is 3. The standard InChI is InChI=1S/C17H19NO5S2/c1-4-7-23-16(22)13-17(2,3)25-15-10(14(21)18(13)15)12(20)11(19)9-6-5-8-24-9/h4-6,8,10,12-13,15,20H,1,7H2,2-3H3/t10-,12+,13+,15-/m1/s1. The number of amides is 1. The molecule has 0 unspecified atom stereocenters. The maximum Gasteiger partial charge on any atom is 0.330 e. The van der Waals surface area contributed by atoms with Crippen molar-refractivity contribution in [2.75, 3.05) is 6.61 Å². The van der Waals surface area contributed by atoms with E-state index in [4.69, 9.17) is 4.74 Å². The van der Waals surface area contributed by atoms with Gasteiger partial charge in [-0.1, -0.05) is 18.7 Å². The Balaban J connectivity index is 1.78. The van der Waals surface area contributed by atoms with Gasteiger partial charge in [0.25, 0.3) is 0 Å². The van der Waals surface area contributed by atoms with Crippen molar-refractivity contribution >= 4 is 40.8 Å². The molecule has 3 rings (SSSR count). The quantitative estimate of drug-likeness (QED) is 0.349. The highest BCUT2D eigenvalue weighted by molar-refractivity contribution is 8.01. The maximum atomic E-state index is 12.6. The number of esters is 1. The first-order valence-corrected chi connectivity index (χ1v) is 9.59. The summed E-state index contributed by atoms with van der Waals surface area (Å²) in [6, 6.07) is 2.60. The maximum absolute atomic E-state index is 12.6. The van der Waals surface area contributed by atoms with Crippen LogP contribution in [-0.4, -0.2) is 56.5 Å². The fourth-order valence-electron chi connectivity index (χ4n) is 3.26. The number of aliphatic hydroxyl groups is 1. The number of ketones is 1. The minimum Gasteiger partial charge on any atom is -0.460 e. The molecule has 8 heteroatoms. The van der Waals surface area contributed by atoms with Crippen LogP contribution in [0.3, 0.4) is 0 Å². The topological polar surface area (TPSA) is 83.9 Å². The Hall–Kier alpha value is -1.64. The second-order valence-corrected chi connectivity index (χ2v) is 9.21. The number of nitrogens with zero attached hydrogens (tertiary/aromatic N) is 1. The summed E-state index contributed by atoms with van der Waals surface area (Å²) < 4.78 is 4.55. The first kappa shape index (κ1) is 18.2. The molecule has 6 nitrogen and oxygen atoms in total. The zero-order chi connectivity index (χ0) is 18.4. The van der Waals surface area contributed by atoms with Gasteiger partial charge < -0.3 is 14.7 Å². The second-order valence-electron chi connectivity index (χ2n) is 6.49. The Morgan fingerprint density at radius 2 is 2.24 bits per heavy atom. The van der Waals surface area contributed by atoms with Crippen molar-refractivity contribution in [2.45, 2.75) is 36.1 Å². The van der Waals surface area contributed by atoms with Gasteiger partial charge in [0, 0.05) is 4.75 Å². The van der Waals surface area contributed by atoms with Crippen LogP contribution in [0.5, 0.6) is 0 Å². The minimum atomic E-state index is -1.40. The number of β-lactam (4-membered cyclic amide) rings is 1. The highest BCUT2D eigenvalue weighted by atomic mass is 32.2. The van der Waals surface area contributed by atoms with Crippen LogP contribution in [0.1, 0.15) is 23.5 Å². The monoisotopic (exact) mass is 381 g/mol. The molecule has 0 saturated carbocycles. The molecule has 3 heterocycles. The summed E-state index contributed by atoms with van der Waals surface area (Å²) in [6.07, 6.45) is 0.0629. The number of aliphatic hydroxyl groups excluding tert-OH is 1. The summed E-state index contributed by atoms with van der Waals surface area (Å²) >= 11 is 2.64. The van der Waals surface area contributed by atoms with Crippen molar-refractivity contribution < 1.29 is 24.2 Å². The van der Waals surface area contributed by atoms with Crippen LogP contribution >= 0.6 is 23.1 Å². The van der Waals surface area contributed by atoms with Crippen molar-refractivity contribution in [3.05, 3.63) is 35.0 Å². The van der Waals surface area contributed by atoms with E-state index in [9.17, 15) is 19.5 Å². The lowest BCUT2D eigenvalue weighted by molar-refractivity contribution is -0.169. The molecule has 0 bridgehead atoms. The van der Waals surface area contributed by atoms with Gasteiger partial charge >= 0.3 is 5.97 Å². The first-order chi connectivity index (χ1) is 11.8. The largest absolute Gasteiger partial charge is 0.460 e. The number of rotatable bonds is 6. The van der Waals surface area contributed by atoms with Crippen LogP contribution in [0, 0.1) is 5.92 Å². The molecular weight excluding hydrogens is 362 g/mol. The van der Waals surface area contributed by atoms with Gasteiger partial charge in [-0.3, -0.25) is 9.59 Å². The van der Waals surface area contributed by atoms with Gasteiger partial charge in [0.05, 0.1) is 10.3 Å². The average molecular weight is 381 g/mol. The van der Waals surface area contributed by atoms with Crippen molar-refractivity contribution in [3.8, 4) is 0 Å². The second kappa shape index (κ2) is 6.59. The summed E-state index contributed by atoms with van der Waals surface area (Å²) in [5.41, 5.74) is 0. The van der Waals surface area contributed by atoms with Crippen LogP contribution < -0.4 is 0 Å². The Morgan fingerprint density at radius 1 is 1.52 bits per heavy atom. The third-order valence-electron chi connectivity index (χ3n) is 4.42. The molecule has 2 aliphatic rings. The fraction of sp³-hybridized carbons (Fsp3) is 0.471. The van der Waals surface area contributed by atoms with Gasteiger partial charge in [0.2, 0.25) is 11.7 Å². The van der Waals surface area contributed by atoms with Crippen LogP contribution in [0.15, 0.2) is 30.2 Å². The lowest BCUT2D eigenvalue weighted by Gasteiger charge is -2.45. The summed E-state index contributed by atoms with van der Waals surface area (Å²) in [6.45, 7) is 7.29. The van der Waals surface area contributed by atoms with E-state index in [-0.39, 0.29) is 12.5 Å². The van der Waals surface area contributed by atoms with Crippen LogP contribution in [0.2, 0.25) is 0 Å². The van der Waals surface area contributed by atoms with Crippen LogP contribution in [-0.2, 0) is 14.3 Å². The molecule has 0 radical (unpaired) electrons. The SMILES string of the molecule is C=CCOC(=O)[C@@H]1N2C(=O)[C@@H]([C@H](O)C(=O)c3cccs3)[C@H]2SC1(C)C. The van der Waals surface area contributed by atoms with Crippen LogP contribution in [0.4, 0.5) is 0 Å². The van der Waals surface area contributed by atoms with Gasteiger partial charge in [-0.2, -0.15) is 0 Å². The highest BCUT2D eigenvalue weighted by Gasteiger charge is 2.66. The predicted octanol–water partition coefficient (Wildman–Crippen LogP) is 1.70. The van der Waals surface area contributed by atoms with Gasteiger partial charge in [-0.25, -0.2) is 4.79 Å². The van der Waals surface area contributed by atoms with E-state index in [1.165, 1.54) is 34.1 Å². The molecule has 1 aromatic rings. The van der Waals surface area contributed by atoms with Crippen molar-refractivity contribution in [1.29, 1.82) is 0 Å². The van der Waals surface area contributed by atoms with Crippen LogP contribution in [0.25, 0.3) is 0 Å². The summed E-state index contributed by atoms with van der Waals surface area (Å²) in [4.78, 5) is 39.2. The fourth-order valence-corrected chi connectivity index (χ4v) is 5.67. The number of carbonyl (C=O) groups is 3. The summed E-state index contributed by atoms with van der Waals surface area (Å²) in [7, 11) is 0. The molecule has 2 saturated heterocycles. The Bertz CT molecular complexity index is 715. The van der Waals surface area contributed by atoms with Gasteiger partial charge in [-0.15, -0.1) is 23.1 Å². The van der Waals surface area contributed by atoms with Crippen molar-refractivity contribution in [3.63, 3.8) is 0 Å². The molecule has 25 heavy (non-hydrogen) atoms. The molecule has 2 aliphatic heterocycles. The van der Waals surface area contributed by atoms with Gasteiger partial charge in [0.15, 0.2) is 0 Å². The van der Waals surface area contributed by atoms with Crippen molar-refractivity contribution in [1.82, 2.24) is 4.90 Å². The molecule has 0 aliphatic carbocycles. The highest BCUT2D eigenvalue weighted by Crippen LogP contribution is 2.54. The predicted molar refractivity (Wildman–Crippen MR) is 95.4 cm³/mol. The zero-order valence-corrected chi connectivity index (χ0v) is 15.5. The third kappa shape index (κ3) is 2.92. The van der Waals surface area contributed by atoms with E-state index in [1.807, 2.05) is 13.8 Å². The zero-order valence-electron chi connectivity index (χ0n) is 13.9. The summed E-state index contributed by atoms with van der Waals surface area (Å²) in [5, 5.41) is 11.8. The van der Waals surface area contributed by atoms with Crippen molar-refractivity contribution in [2.24, 2.45) is 5.92 Å². The molecule has 0 aromatic carbocycles. The number of hydrogen-bond acceptors (Lipinski definition) is 7. The average Bonchev–Trinajstić information content (AvgIpc) is 3.16. The van der Waals surface area contributed by atoms with E-state index < -0.39 is 39.9 Å². The lowest BCUT2D eigenvalue weighted by Crippen LogP contribution is -2.66. The molecule has 1 N–H and O–H groups in total. The molecule has 4 atom stereocenters. The Labute approximate surface area is 153 Å². The summed E-state index contributed by atoms with van der Waals surface area (Å²) in [5.74, 6) is -2.17. The third-order valence-corrected chi connectivity index (χ3v) is 6.90. The molecule has 0 spiro atoms. The normalized spacial score (nSPS) is 28.0. The Morgan fingerprint density at radius 3 is 2.84 bits per heavy atom. The van der Waals surface area contributed by atoms with Gasteiger partial charge in [-0.05, 0) is 25.3 Å². The van der Waals surface area contributed by atoms with E-state index in [0.717, 1.165) is 0 Å². The number of fused-ring (bicyclic) bond motifs is 1. The first-order valence-electron chi connectivity index (χ1n) is 7.83. The van der Waals surface area contributed by atoms with E-state index >= 15 is 0 Å². The number of Topliss-reactive ketones (excluding diaryl/α,β-unsaturated/α-hetero) is 1. The number of thiophene rings is 1. The molecule has 1 aromatic heterocycles.